The monoisotopic (exact) mass is 300 g/mol. The van der Waals surface area contributed by atoms with Crippen molar-refractivity contribution in [3.8, 4) is 0 Å². The Kier molecular flexibility index (Phi) is 8.22. The molecule has 0 bridgehead atoms. The molecule has 1 saturated carbocycles. The predicted molar refractivity (Wildman–Crippen MR) is 84.4 cm³/mol. The summed E-state index contributed by atoms with van der Waals surface area (Å²) in [5.74, 6) is -0.0839. The molecule has 5 heteroatoms. The van der Waals surface area contributed by atoms with Gasteiger partial charge in [-0.3, -0.25) is 9.69 Å². The summed E-state index contributed by atoms with van der Waals surface area (Å²) in [7, 11) is 1.73. The van der Waals surface area contributed by atoms with Gasteiger partial charge in [-0.2, -0.15) is 0 Å². The van der Waals surface area contributed by atoms with Crippen LogP contribution in [0.3, 0.4) is 0 Å². The predicted octanol–water partition coefficient (Wildman–Crippen LogP) is 1.81. The zero-order valence-corrected chi connectivity index (χ0v) is 14.1. The van der Waals surface area contributed by atoms with Crippen molar-refractivity contribution in [1.29, 1.82) is 0 Å². The molecule has 0 aromatic carbocycles. The SMILES string of the molecule is CCNC1(C(=O)OCC)CCCC(N(CC)CCOC)C1. The molecule has 2 atom stereocenters. The molecular weight excluding hydrogens is 268 g/mol. The zero-order valence-electron chi connectivity index (χ0n) is 14.1. The van der Waals surface area contributed by atoms with Crippen molar-refractivity contribution in [2.24, 2.45) is 0 Å². The molecule has 124 valence electrons. The van der Waals surface area contributed by atoms with Crippen LogP contribution in [-0.4, -0.2) is 62.4 Å². The number of hydrogen-bond donors (Lipinski definition) is 1. The van der Waals surface area contributed by atoms with Crippen LogP contribution < -0.4 is 5.32 Å². The normalized spacial score (nSPS) is 26.0. The number of ether oxygens (including phenoxy) is 2. The Morgan fingerprint density at radius 1 is 1.38 bits per heavy atom. The van der Waals surface area contributed by atoms with Crippen LogP contribution in [0.2, 0.25) is 0 Å². The first-order chi connectivity index (χ1) is 10.1. The number of carbonyl (C=O) groups is 1. The third kappa shape index (κ3) is 4.94. The molecule has 21 heavy (non-hydrogen) atoms. The van der Waals surface area contributed by atoms with E-state index < -0.39 is 5.54 Å². The molecule has 0 saturated heterocycles. The maximum Gasteiger partial charge on any atom is 0.326 e. The van der Waals surface area contributed by atoms with E-state index in [1.54, 1.807) is 7.11 Å². The highest BCUT2D eigenvalue weighted by Crippen LogP contribution is 2.32. The van der Waals surface area contributed by atoms with E-state index in [2.05, 4.69) is 17.1 Å². The van der Waals surface area contributed by atoms with E-state index in [4.69, 9.17) is 9.47 Å². The smallest absolute Gasteiger partial charge is 0.326 e. The summed E-state index contributed by atoms with van der Waals surface area (Å²) in [4.78, 5) is 14.9. The Labute approximate surface area is 129 Å². The highest BCUT2D eigenvalue weighted by Gasteiger charge is 2.44. The molecule has 1 fully saturated rings. The van der Waals surface area contributed by atoms with E-state index in [0.717, 1.165) is 51.9 Å². The fourth-order valence-corrected chi connectivity index (χ4v) is 3.39. The van der Waals surface area contributed by atoms with Gasteiger partial charge < -0.3 is 14.8 Å². The van der Waals surface area contributed by atoms with Crippen molar-refractivity contribution in [3.63, 3.8) is 0 Å². The van der Waals surface area contributed by atoms with Gasteiger partial charge in [-0.25, -0.2) is 0 Å². The Hall–Kier alpha value is -0.650. The summed E-state index contributed by atoms with van der Waals surface area (Å²) < 4.78 is 10.5. The minimum absolute atomic E-state index is 0.0839. The zero-order chi connectivity index (χ0) is 15.7. The van der Waals surface area contributed by atoms with Crippen LogP contribution in [0.4, 0.5) is 0 Å². The molecule has 0 radical (unpaired) electrons. The van der Waals surface area contributed by atoms with Crippen molar-refractivity contribution in [1.82, 2.24) is 10.2 Å². The lowest BCUT2D eigenvalue weighted by molar-refractivity contribution is -0.154. The first-order valence-electron chi connectivity index (χ1n) is 8.28. The number of rotatable bonds is 9. The lowest BCUT2D eigenvalue weighted by Gasteiger charge is -2.43. The van der Waals surface area contributed by atoms with E-state index in [9.17, 15) is 4.79 Å². The van der Waals surface area contributed by atoms with Gasteiger partial charge in [-0.15, -0.1) is 0 Å². The molecular formula is C16H32N2O3. The van der Waals surface area contributed by atoms with Crippen LogP contribution in [0, 0.1) is 0 Å². The second-order valence-corrected chi connectivity index (χ2v) is 5.70. The third-order valence-corrected chi connectivity index (χ3v) is 4.41. The number of likely N-dealkylation sites (N-methyl/N-ethyl adjacent to an activating group) is 2. The molecule has 0 spiro atoms. The van der Waals surface area contributed by atoms with Gasteiger partial charge in [0.15, 0.2) is 0 Å². The lowest BCUT2D eigenvalue weighted by Crippen LogP contribution is -2.59. The Balaban J connectivity index is 2.79. The maximum absolute atomic E-state index is 12.5. The van der Waals surface area contributed by atoms with Crippen LogP contribution in [0.25, 0.3) is 0 Å². The summed E-state index contributed by atoms with van der Waals surface area (Å²) in [5.41, 5.74) is -0.506. The minimum Gasteiger partial charge on any atom is -0.465 e. The van der Waals surface area contributed by atoms with Gasteiger partial charge in [-0.05, 0) is 45.7 Å². The number of carbonyl (C=O) groups excluding carboxylic acids is 1. The van der Waals surface area contributed by atoms with Gasteiger partial charge in [0.25, 0.3) is 0 Å². The summed E-state index contributed by atoms with van der Waals surface area (Å²) in [5, 5.41) is 3.42. The highest BCUT2D eigenvalue weighted by atomic mass is 16.5. The number of methoxy groups -OCH3 is 1. The molecule has 0 aromatic rings. The van der Waals surface area contributed by atoms with Crippen molar-refractivity contribution >= 4 is 5.97 Å². The molecule has 1 rings (SSSR count). The second kappa shape index (κ2) is 9.38. The highest BCUT2D eigenvalue weighted by molar-refractivity contribution is 5.81. The summed E-state index contributed by atoms with van der Waals surface area (Å²) >= 11 is 0. The van der Waals surface area contributed by atoms with Crippen molar-refractivity contribution < 1.29 is 14.3 Å². The van der Waals surface area contributed by atoms with Crippen molar-refractivity contribution in [2.45, 2.75) is 58.0 Å². The molecule has 1 aliphatic rings. The third-order valence-electron chi connectivity index (χ3n) is 4.41. The Morgan fingerprint density at radius 2 is 2.14 bits per heavy atom. The molecule has 2 unspecified atom stereocenters. The maximum atomic E-state index is 12.5. The van der Waals surface area contributed by atoms with Gasteiger partial charge >= 0.3 is 5.97 Å². The van der Waals surface area contributed by atoms with E-state index in [-0.39, 0.29) is 5.97 Å². The van der Waals surface area contributed by atoms with Gasteiger partial charge in [0.2, 0.25) is 0 Å². The van der Waals surface area contributed by atoms with Crippen molar-refractivity contribution in [2.75, 3.05) is 40.0 Å². The summed E-state index contributed by atoms with van der Waals surface area (Å²) in [6.45, 7) is 9.96. The molecule has 1 N–H and O–H groups in total. The summed E-state index contributed by atoms with van der Waals surface area (Å²) in [6, 6.07) is 0.419. The van der Waals surface area contributed by atoms with Crippen LogP contribution >= 0.6 is 0 Å². The number of hydrogen-bond acceptors (Lipinski definition) is 5. The Morgan fingerprint density at radius 3 is 2.71 bits per heavy atom. The fraction of sp³-hybridized carbons (Fsp3) is 0.938. The topological polar surface area (TPSA) is 50.8 Å². The number of esters is 1. The van der Waals surface area contributed by atoms with Crippen LogP contribution in [0.15, 0.2) is 0 Å². The first kappa shape index (κ1) is 18.4. The van der Waals surface area contributed by atoms with E-state index >= 15 is 0 Å². The van der Waals surface area contributed by atoms with E-state index in [1.807, 2.05) is 13.8 Å². The average molecular weight is 300 g/mol. The molecule has 0 aliphatic heterocycles. The molecule has 5 nitrogen and oxygen atoms in total. The molecule has 1 aliphatic carbocycles. The molecule has 0 heterocycles. The van der Waals surface area contributed by atoms with Crippen molar-refractivity contribution in [3.05, 3.63) is 0 Å². The minimum atomic E-state index is -0.506. The largest absolute Gasteiger partial charge is 0.465 e. The number of nitrogens with zero attached hydrogens (tertiary/aromatic N) is 1. The fourth-order valence-electron chi connectivity index (χ4n) is 3.39. The first-order valence-corrected chi connectivity index (χ1v) is 8.28. The van der Waals surface area contributed by atoms with E-state index in [0.29, 0.717) is 12.6 Å². The molecule has 0 aromatic heterocycles. The standard InChI is InChI=1S/C16H32N2O3/c1-5-17-16(15(19)21-7-3)10-8-9-14(13-16)18(6-2)11-12-20-4/h14,17H,5-13H2,1-4H3. The lowest BCUT2D eigenvalue weighted by atomic mass is 9.78. The average Bonchev–Trinajstić information content (AvgIpc) is 2.49. The quantitative estimate of drug-likeness (QED) is 0.658. The van der Waals surface area contributed by atoms with Crippen LogP contribution in [0.1, 0.15) is 46.5 Å². The van der Waals surface area contributed by atoms with Gasteiger partial charge in [0, 0.05) is 19.7 Å². The van der Waals surface area contributed by atoms with Crippen LogP contribution in [-0.2, 0) is 14.3 Å². The van der Waals surface area contributed by atoms with Gasteiger partial charge in [0.1, 0.15) is 5.54 Å². The summed E-state index contributed by atoms with van der Waals surface area (Å²) in [6.07, 6.45) is 3.90. The second-order valence-electron chi connectivity index (χ2n) is 5.70. The van der Waals surface area contributed by atoms with Gasteiger partial charge in [-0.1, -0.05) is 13.8 Å². The Bertz CT molecular complexity index is 308. The molecule has 0 amide bonds. The van der Waals surface area contributed by atoms with Gasteiger partial charge in [0.05, 0.1) is 13.2 Å². The number of nitrogens with one attached hydrogen (secondary N) is 1. The van der Waals surface area contributed by atoms with E-state index in [1.165, 1.54) is 0 Å². The van der Waals surface area contributed by atoms with Crippen LogP contribution in [0.5, 0.6) is 0 Å².